The molecular formula is C21H18BrN3O. The summed E-state index contributed by atoms with van der Waals surface area (Å²) in [6, 6.07) is 22.8. The molecule has 1 atom stereocenters. The van der Waals surface area contributed by atoms with Gasteiger partial charge in [0.15, 0.2) is 0 Å². The van der Waals surface area contributed by atoms with Crippen LogP contribution in [-0.4, -0.2) is 10.2 Å². The third-order valence-electron chi connectivity index (χ3n) is 4.42. The predicted molar refractivity (Wildman–Crippen MR) is 107 cm³/mol. The van der Waals surface area contributed by atoms with Gasteiger partial charge in [-0.25, -0.2) is 0 Å². The van der Waals surface area contributed by atoms with E-state index in [4.69, 9.17) is 4.42 Å². The summed E-state index contributed by atoms with van der Waals surface area (Å²) in [6.07, 6.45) is 0. The van der Waals surface area contributed by atoms with Crippen molar-refractivity contribution in [2.75, 3.05) is 0 Å². The van der Waals surface area contributed by atoms with Crippen LogP contribution in [0.1, 0.15) is 24.4 Å². The standard InChI is InChI=1S/C21H18BrN3O/c1-14(16-11-6-8-15-7-2-3-9-17(15)16)23-13-20-24-25-21(26-20)18-10-4-5-12-19(18)22/h2-12,14,23H,13H2,1H3. The average Bonchev–Trinajstić information content (AvgIpc) is 3.15. The molecule has 0 aliphatic carbocycles. The molecule has 0 aliphatic heterocycles. The third kappa shape index (κ3) is 3.41. The van der Waals surface area contributed by atoms with Crippen LogP contribution < -0.4 is 5.32 Å². The molecule has 4 nitrogen and oxygen atoms in total. The van der Waals surface area contributed by atoms with Crippen molar-refractivity contribution < 1.29 is 4.42 Å². The zero-order valence-corrected chi connectivity index (χ0v) is 15.9. The Balaban J connectivity index is 1.50. The van der Waals surface area contributed by atoms with Gasteiger partial charge in [0.2, 0.25) is 11.8 Å². The Kier molecular flexibility index (Phi) is 4.82. The summed E-state index contributed by atoms with van der Waals surface area (Å²) in [4.78, 5) is 0. The summed E-state index contributed by atoms with van der Waals surface area (Å²) in [5.74, 6) is 1.09. The molecule has 5 heteroatoms. The predicted octanol–water partition coefficient (Wildman–Crippen LogP) is 5.50. The lowest BCUT2D eigenvalue weighted by Crippen LogP contribution is -2.18. The van der Waals surface area contributed by atoms with Gasteiger partial charge in [-0.2, -0.15) is 0 Å². The summed E-state index contributed by atoms with van der Waals surface area (Å²) in [7, 11) is 0. The first-order chi connectivity index (χ1) is 12.7. The fourth-order valence-electron chi connectivity index (χ4n) is 3.05. The summed E-state index contributed by atoms with van der Waals surface area (Å²) in [5, 5.41) is 14.3. The maximum atomic E-state index is 5.81. The van der Waals surface area contributed by atoms with Gasteiger partial charge in [0.05, 0.1) is 12.1 Å². The van der Waals surface area contributed by atoms with Crippen LogP contribution in [-0.2, 0) is 6.54 Å². The van der Waals surface area contributed by atoms with Crippen LogP contribution in [0.15, 0.2) is 75.6 Å². The molecule has 0 saturated heterocycles. The van der Waals surface area contributed by atoms with Crippen molar-refractivity contribution in [2.45, 2.75) is 19.5 Å². The summed E-state index contributed by atoms with van der Waals surface area (Å²) >= 11 is 3.51. The highest BCUT2D eigenvalue weighted by atomic mass is 79.9. The highest BCUT2D eigenvalue weighted by Crippen LogP contribution is 2.27. The Hall–Kier alpha value is -2.50. The van der Waals surface area contributed by atoms with E-state index >= 15 is 0 Å². The topological polar surface area (TPSA) is 51.0 Å². The van der Waals surface area contributed by atoms with Crippen LogP contribution in [0.4, 0.5) is 0 Å². The molecule has 3 aromatic carbocycles. The molecule has 0 bridgehead atoms. The zero-order valence-electron chi connectivity index (χ0n) is 14.3. The van der Waals surface area contributed by atoms with Crippen molar-refractivity contribution in [1.29, 1.82) is 0 Å². The van der Waals surface area contributed by atoms with Gasteiger partial charge in [-0.3, -0.25) is 0 Å². The number of benzene rings is 3. The molecule has 4 rings (SSSR count). The lowest BCUT2D eigenvalue weighted by Gasteiger charge is -2.15. The van der Waals surface area contributed by atoms with Gasteiger partial charge in [0, 0.05) is 10.5 Å². The van der Waals surface area contributed by atoms with E-state index in [9.17, 15) is 0 Å². The Morgan fingerprint density at radius 3 is 2.62 bits per heavy atom. The Morgan fingerprint density at radius 1 is 0.962 bits per heavy atom. The number of hydrogen-bond acceptors (Lipinski definition) is 4. The van der Waals surface area contributed by atoms with Crippen molar-refractivity contribution >= 4 is 26.7 Å². The molecule has 0 aliphatic rings. The second kappa shape index (κ2) is 7.40. The molecule has 0 radical (unpaired) electrons. The smallest absolute Gasteiger partial charge is 0.248 e. The molecule has 1 unspecified atom stereocenters. The average molecular weight is 408 g/mol. The maximum absolute atomic E-state index is 5.81. The van der Waals surface area contributed by atoms with Crippen LogP contribution in [0, 0.1) is 0 Å². The lowest BCUT2D eigenvalue weighted by molar-refractivity contribution is 0.455. The quantitative estimate of drug-likeness (QED) is 0.474. The molecule has 0 saturated carbocycles. The number of fused-ring (bicyclic) bond motifs is 1. The normalized spacial score (nSPS) is 12.4. The van der Waals surface area contributed by atoms with Crippen LogP contribution in [0.5, 0.6) is 0 Å². The molecule has 26 heavy (non-hydrogen) atoms. The van der Waals surface area contributed by atoms with Crippen molar-refractivity contribution in [3.8, 4) is 11.5 Å². The minimum atomic E-state index is 0.167. The first kappa shape index (κ1) is 16.9. The van der Waals surface area contributed by atoms with Crippen molar-refractivity contribution in [1.82, 2.24) is 15.5 Å². The summed E-state index contributed by atoms with van der Waals surface area (Å²) in [5.41, 5.74) is 2.15. The van der Waals surface area contributed by atoms with E-state index in [2.05, 4.69) is 80.8 Å². The molecule has 1 aromatic heterocycles. The fourth-order valence-corrected chi connectivity index (χ4v) is 3.50. The first-order valence-corrected chi connectivity index (χ1v) is 9.30. The minimum Gasteiger partial charge on any atom is -0.419 e. The number of nitrogens with one attached hydrogen (secondary N) is 1. The number of halogens is 1. The van der Waals surface area contributed by atoms with Crippen molar-refractivity contribution in [3.63, 3.8) is 0 Å². The summed E-state index contributed by atoms with van der Waals surface area (Å²) < 4.78 is 6.75. The highest BCUT2D eigenvalue weighted by molar-refractivity contribution is 9.10. The molecule has 1 heterocycles. The third-order valence-corrected chi connectivity index (χ3v) is 5.11. The number of hydrogen-bond donors (Lipinski definition) is 1. The minimum absolute atomic E-state index is 0.167. The van der Waals surface area contributed by atoms with Gasteiger partial charge in [-0.1, -0.05) is 54.6 Å². The van der Waals surface area contributed by atoms with Gasteiger partial charge in [-0.15, -0.1) is 10.2 Å². The molecule has 1 N–H and O–H groups in total. The van der Waals surface area contributed by atoms with Crippen LogP contribution >= 0.6 is 15.9 Å². The van der Waals surface area contributed by atoms with Crippen LogP contribution in [0.25, 0.3) is 22.2 Å². The molecule has 4 aromatic rings. The number of nitrogens with zero attached hydrogens (tertiary/aromatic N) is 2. The zero-order chi connectivity index (χ0) is 17.9. The largest absolute Gasteiger partial charge is 0.419 e. The van der Waals surface area contributed by atoms with E-state index in [1.165, 1.54) is 16.3 Å². The number of aromatic nitrogens is 2. The van der Waals surface area contributed by atoms with Crippen LogP contribution in [0.2, 0.25) is 0 Å². The van der Waals surface area contributed by atoms with Crippen molar-refractivity contribution in [2.24, 2.45) is 0 Å². The summed E-state index contributed by atoms with van der Waals surface area (Å²) in [6.45, 7) is 2.66. The Bertz CT molecular complexity index is 1040. The molecule has 0 amide bonds. The SMILES string of the molecule is CC(NCc1nnc(-c2ccccc2Br)o1)c1cccc2ccccc12. The molecule has 0 spiro atoms. The van der Waals surface area contributed by atoms with Gasteiger partial charge < -0.3 is 9.73 Å². The molecule has 0 fully saturated rings. The van der Waals surface area contributed by atoms with Gasteiger partial charge >= 0.3 is 0 Å². The van der Waals surface area contributed by atoms with E-state index in [1.54, 1.807) is 0 Å². The molecule has 130 valence electrons. The Morgan fingerprint density at radius 2 is 1.73 bits per heavy atom. The van der Waals surface area contributed by atoms with E-state index < -0.39 is 0 Å². The van der Waals surface area contributed by atoms with Gasteiger partial charge in [0.25, 0.3) is 0 Å². The fraction of sp³-hybridized carbons (Fsp3) is 0.143. The first-order valence-electron chi connectivity index (χ1n) is 8.50. The highest BCUT2D eigenvalue weighted by Gasteiger charge is 2.13. The maximum Gasteiger partial charge on any atom is 0.248 e. The molecular weight excluding hydrogens is 390 g/mol. The second-order valence-electron chi connectivity index (χ2n) is 6.15. The van der Waals surface area contributed by atoms with Gasteiger partial charge in [0.1, 0.15) is 0 Å². The van der Waals surface area contributed by atoms with E-state index in [0.717, 1.165) is 10.0 Å². The lowest BCUT2D eigenvalue weighted by atomic mass is 10.00. The number of rotatable bonds is 5. The monoisotopic (exact) mass is 407 g/mol. The van der Waals surface area contributed by atoms with Gasteiger partial charge in [-0.05, 0) is 51.3 Å². The van der Waals surface area contributed by atoms with Crippen molar-refractivity contribution in [3.05, 3.63) is 82.7 Å². The van der Waals surface area contributed by atoms with E-state index in [-0.39, 0.29) is 6.04 Å². The van der Waals surface area contributed by atoms with E-state index in [1.807, 2.05) is 24.3 Å². The second-order valence-corrected chi connectivity index (χ2v) is 7.01. The Labute approximate surface area is 160 Å². The van der Waals surface area contributed by atoms with E-state index in [0.29, 0.717) is 18.3 Å². The van der Waals surface area contributed by atoms with Crippen LogP contribution in [0.3, 0.4) is 0 Å².